The average molecular weight is 229 g/mol. The van der Waals surface area contributed by atoms with Crippen molar-refractivity contribution in [1.29, 1.82) is 0 Å². The van der Waals surface area contributed by atoms with Crippen molar-refractivity contribution in [3.63, 3.8) is 0 Å². The second-order valence-electron chi connectivity index (χ2n) is 4.25. The van der Waals surface area contributed by atoms with Gasteiger partial charge in [-0.05, 0) is 38.6 Å². The lowest BCUT2D eigenvalue weighted by Gasteiger charge is -2.23. The first-order valence-electron chi connectivity index (χ1n) is 6.25. The minimum atomic E-state index is -0.419. The van der Waals surface area contributed by atoms with E-state index in [2.05, 4.69) is 0 Å². The normalized spacial score (nSPS) is 26.7. The van der Waals surface area contributed by atoms with Crippen molar-refractivity contribution in [2.45, 2.75) is 51.7 Å². The highest BCUT2D eigenvalue weighted by molar-refractivity contribution is 5.74. The molecule has 0 bridgehead atoms. The van der Waals surface area contributed by atoms with E-state index >= 15 is 0 Å². The lowest BCUT2D eigenvalue weighted by Crippen LogP contribution is -2.34. The Labute approximate surface area is 97.5 Å². The van der Waals surface area contributed by atoms with Gasteiger partial charge in [0.2, 0.25) is 0 Å². The van der Waals surface area contributed by atoms with Crippen LogP contribution in [0, 0.1) is 5.92 Å². The van der Waals surface area contributed by atoms with Gasteiger partial charge in [0.15, 0.2) is 6.10 Å². The van der Waals surface area contributed by atoms with Crippen molar-refractivity contribution in [2.24, 2.45) is 11.7 Å². The van der Waals surface area contributed by atoms with Crippen molar-refractivity contribution in [2.75, 3.05) is 13.2 Å². The molecule has 0 amide bonds. The highest BCUT2D eigenvalue weighted by atomic mass is 16.6. The van der Waals surface area contributed by atoms with Gasteiger partial charge in [-0.15, -0.1) is 0 Å². The third-order valence-corrected chi connectivity index (χ3v) is 3.15. The second-order valence-corrected chi connectivity index (χ2v) is 4.25. The molecule has 0 spiro atoms. The summed E-state index contributed by atoms with van der Waals surface area (Å²) in [5.74, 6) is 0.163. The molecule has 4 heteroatoms. The minimum absolute atomic E-state index is 0.138. The zero-order valence-corrected chi connectivity index (χ0v) is 10.3. The number of carbonyl (C=O) groups excluding carboxylic acids is 1. The van der Waals surface area contributed by atoms with E-state index in [-0.39, 0.29) is 12.1 Å². The van der Waals surface area contributed by atoms with Crippen LogP contribution in [0.2, 0.25) is 0 Å². The molecule has 1 rings (SSSR count). The van der Waals surface area contributed by atoms with Crippen LogP contribution in [0.1, 0.15) is 39.5 Å². The first-order chi connectivity index (χ1) is 7.72. The Morgan fingerprint density at radius 2 is 2.19 bits per heavy atom. The molecule has 0 aliphatic heterocycles. The van der Waals surface area contributed by atoms with Crippen molar-refractivity contribution in [3.05, 3.63) is 0 Å². The summed E-state index contributed by atoms with van der Waals surface area (Å²) >= 11 is 0. The van der Waals surface area contributed by atoms with Crippen molar-refractivity contribution in [1.82, 2.24) is 0 Å². The van der Waals surface area contributed by atoms with Gasteiger partial charge in [-0.1, -0.05) is 13.3 Å². The molecule has 3 unspecified atom stereocenters. The molecule has 1 saturated carbocycles. The summed E-state index contributed by atoms with van der Waals surface area (Å²) in [6.45, 7) is 4.80. The van der Waals surface area contributed by atoms with Gasteiger partial charge >= 0.3 is 5.97 Å². The molecule has 2 N–H and O–H groups in total. The van der Waals surface area contributed by atoms with E-state index in [9.17, 15) is 4.79 Å². The van der Waals surface area contributed by atoms with E-state index in [1.807, 2.05) is 13.8 Å². The van der Waals surface area contributed by atoms with E-state index in [0.717, 1.165) is 19.3 Å². The maximum absolute atomic E-state index is 11.6. The lowest BCUT2D eigenvalue weighted by molar-refractivity contribution is -0.162. The van der Waals surface area contributed by atoms with E-state index in [0.29, 0.717) is 25.5 Å². The molecule has 4 nitrogen and oxygen atoms in total. The summed E-state index contributed by atoms with van der Waals surface area (Å²) in [5.41, 5.74) is 5.68. The molecular weight excluding hydrogens is 206 g/mol. The molecule has 0 aromatic carbocycles. The van der Waals surface area contributed by atoms with Crippen LogP contribution in [-0.2, 0) is 14.3 Å². The minimum Gasteiger partial charge on any atom is -0.464 e. The molecule has 0 saturated heterocycles. The lowest BCUT2D eigenvalue weighted by atomic mass is 10.1. The first-order valence-corrected chi connectivity index (χ1v) is 6.25. The monoisotopic (exact) mass is 229 g/mol. The summed E-state index contributed by atoms with van der Waals surface area (Å²) in [6.07, 6.45) is 3.65. The summed E-state index contributed by atoms with van der Waals surface area (Å²) in [4.78, 5) is 11.6. The number of ether oxygens (including phenoxy) is 2. The molecule has 1 aliphatic rings. The van der Waals surface area contributed by atoms with Gasteiger partial charge in [-0.25, -0.2) is 4.79 Å². The van der Waals surface area contributed by atoms with Crippen LogP contribution in [-0.4, -0.2) is 31.3 Å². The number of hydrogen-bond acceptors (Lipinski definition) is 4. The van der Waals surface area contributed by atoms with Crippen LogP contribution >= 0.6 is 0 Å². The topological polar surface area (TPSA) is 61.5 Å². The van der Waals surface area contributed by atoms with Gasteiger partial charge in [0.25, 0.3) is 0 Å². The Bertz CT molecular complexity index is 220. The molecule has 0 radical (unpaired) electrons. The fraction of sp³-hybridized carbons (Fsp3) is 0.917. The standard InChI is InChI=1S/C12H23NO3/c1-3-10(12(14)15-4-2)16-11-7-5-6-9(11)8-13/h9-11H,3-8,13H2,1-2H3. The van der Waals surface area contributed by atoms with E-state index < -0.39 is 6.10 Å². The number of rotatable bonds is 6. The van der Waals surface area contributed by atoms with Crippen LogP contribution < -0.4 is 5.73 Å². The van der Waals surface area contributed by atoms with Crippen LogP contribution in [0.15, 0.2) is 0 Å². The Morgan fingerprint density at radius 1 is 1.44 bits per heavy atom. The molecule has 3 atom stereocenters. The van der Waals surface area contributed by atoms with Gasteiger partial charge in [0.1, 0.15) is 0 Å². The zero-order valence-electron chi connectivity index (χ0n) is 10.3. The SMILES string of the molecule is CCOC(=O)C(CC)OC1CCCC1CN. The highest BCUT2D eigenvalue weighted by Crippen LogP contribution is 2.28. The number of carbonyl (C=O) groups is 1. The maximum atomic E-state index is 11.6. The van der Waals surface area contributed by atoms with Gasteiger partial charge in [0, 0.05) is 0 Å². The van der Waals surface area contributed by atoms with E-state index in [1.54, 1.807) is 0 Å². The summed E-state index contributed by atoms with van der Waals surface area (Å²) in [7, 11) is 0. The smallest absolute Gasteiger partial charge is 0.335 e. The molecule has 0 aromatic rings. The molecule has 1 fully saturated rings. The van der Waals surface area contributed by atoms with Crippen LogP contribution in [0.5, 0.6) is 0 Å². The highest BCUT2D eigenvalue weighted by Gasteiger charge is 2.31. The third kappa shape index (κ3) is 3.46. The summed E-state index contributed by atoms with van der Waals surface area (Å²) in [6, 6.07) is 0. The van der Waals surface area contributed by atoms with Gasteiger partial charge in [-0.2, -0.15) is 0 Å². The second kappa shape index (κ2) is 6.86. The van der Waals surface area contributed by atoms with E-state index in [1.165, 1.54) is 0 Å². The number of nitrogens with two attached hydrogens (primary N) is 1. The van der Waals surface area contributed by atoms with Crippen LogP contribution in [0.4, 0.5) is 0 Å². The predicted octanol–water partition coefficient (Wildman–Crippen LogP) is 1.47. The molecular formula is C12H23NO3. The van der Waals surface area contributed by atoms with Crippen LogP contribution in [0.3, 0.4) is 0 Å². The Hall–Kier alpha value is -0.610. The first kappa shape index (κ1) is 13.5. The average Bonchev–Trinajstić information content (AvgIpc) is 2.73. The molecule has 94 valence electrons. The zero-order chi connectivity index (χ0) is 12.0. The molecule has 0 heterocycles. The summed E-state index contributed by atoms with van der Waals surface area (Å²) in [5, 5.41) is 0. The van der Waals surface area contributed by atoms with Gasteiger partial charge in [0.05, 0.1) is 12.7 Å². The quantitative estimate of drug-likeness (QED) is 0.701. The van der Waals surface area contributed by atoms with Gasteiger partial charge < -0.3 is 15.2 Å². The van der Waals surface area contributed by atoms with Gasteiger partial charge in [-0.3, -0.25) is 0 Å². The number of esters is 1. The van der Waals surface area contributed by atoms with Crippen molar-refractivity contribution in [3.8, 4) is 0 Å². The third-order valence-electron chi connectivity index (χ3n) is 3.15. The number of hydrogen-bond donors (Lipinski definition) is 1. The maximum Gasteiger partial charge on any atom is 0.335 e. The molecule has 0 aromatic heterocycles. The fourth-order valence-electron chi connectivity index (χ4n) is 2.22. The predicted molar refractivity (Wildman–Crippen MR) is 62.0 cm³/mol. The Balaban J connectivity index is 2.45. The molecule has 16 heavy (non-hydrogen) atoms. The Morgan fingerprint density at radius 3 is 2.75 bits per heavy atom. The van der Waals surface area contributed by atoms with E-state index in [4.69, 9.17) is 15.2 Å². The summed E-state index contributed by atoms with van der Waals surface area (Å²) < 4.78 is 10.8. The molecule has 1 aliphatic carbocycles. The fourth-order valence-corrected chi connectivity index (χ4v) is 2.22. The van der Waals surface area contributed by atoms with Crippen molar-refractivity contribution < 1.29 is 14.3 Å². The van der Waals surface area contributed by atoms with Crippen molar-refractivity contribution >= 4 is 5.97 Å². The largest absolute Gasteiger partial charge is 0.464 e. The van der Waals surface area contributed by atoms with Crippen LogP contribution in [0.25, 0.3) is 0 Å². The Kier molecular flexibility index (Phi) is 5.77.